The van der Waals surface area contributed by atoms with Gasteiger partial charge in [-0.1, -0.05) is 22.9 Å². The number of rotatable bonds is 5. The van der Waals surface area contributed by atoms with Crippen LogP contribution in [-0.4, -0.2) is 21.4 Å². The molecular weight excluding hydrogens is 270 g/mol. The maximum Gasteiger partial charge on any atom is 0.159 e. The maximum atomic E-state index is 5.52. The Morgan fingerprint density at radius 2 is 1.88 bits per heavy atom. The molecule has 0 amide bonds. The van der Waals surface area contributed by atoms with E-state index in [1.807, 2.05) is 0 Å². The van der Waals surface area contributed by atoms with E-state index in [2.05, 4.69) is 58.4 Å². The second kappa shape index (κ2) is 5.77. The molecule has 0 radical (unpaired) electrons. The van der Waals surface area contributed by atoms with Gasteiger partial charge in [0.1, 0.15) is 12.4 Å². The first kappa shape index (κ1) is 13.6. The molecule has 1 rings (SSSR count). The van der Waals surface area contributed by atoms with Crippen LogP contribution in [0.15, 0.2) is 0 Å². The summed E-state index contributed by atoms with van der Waals surface area (Å²) >= 11 is 3.43. The van der Waals surface area contributed by atoms with Gasteiger partial charge < -0.3 is 9.30 Å². The van der Waals surface area contributed by atoms with Crippen LogP contribution in [0.3, 0.4) is 0 Å². The van der Waals surface area contributed by atoms with Crippen LogP contribution in [-0.2, 0) is 22.2 Å². The first-order chi connectivity index (χ1) is 7.50. The summed E-state index contributed by atoms with van der Waals surface area (Å²) < 4.78 is 7.66. The van der Waals surface area contributed by atoms with Gasteiger partial charge in [0.2, 0.25) is 0 Å². The second-order valence-electron chi connectivity index (χ2n) is 4.72. The highest BCUT2D eigenvalue weighted by atomic mass is 79.9. The van der Waals surface area contributed by atoms with Crippen molar-refractivity contribution >= 4 is 15.9 Å². The summed E-state index contributed by atoms with van der Waals surface area (Å²) in [5.41, 5.74) is -0.0164. The normalized spacial score (nSPS) is 12.1. The fourth-order valence-electron chi connectivity index (χ4n) is 1.62. The fourth-order valence-corrected chi connectivity index (χ4v) is 1.98. The van der Waals surface area contributed by atoms with E-state index in [-0.39, 0.29) is 5.54 Å². The lowest BCUT2D eigenvalue weighted by Gasteiger charge is -2.24. The number of aromatic nitrogens is 3. The third kappa shape index (κ3) is 3.28. The number of halogens is 1. The van der Waals surface area contributed by atoms with E-state index in [1.165, 1.54) is 0 Å². The van der Waals surface area contributed by atoms with E-state index in [0.29, 0.717) is 11.9 Å². The zero-order valence-electron chi connectivity index (χ0n) is 10.5. The van der Waals surface area contributed by atoms with Crippen molar-refractivity contribution in [2.24, 2.45) is 0 Å². The number of alkyl halides is 1. The summed E-state index contributed by atoms with van der Waals surface area (Å²) in [7, 11) is 0. The molecule has 5 heteroatoms. The molecule has 0 aliphatic heterocycles. The minimum absolute atomic E-state index is 0.0164. The summed E-state index contributed by atoms with van der Waals surface area (Å²) in [6.45, 7) is 9.83. The van der Waals surface area contributed by atoms with E-state index in [0.717, 1.165) is 24.7 Å². The van der Waals surface area contributed by atoms with Gasteiger partial charge in [-0.3, -0.25) is 0 Å². The molecule has 16 heavy (non-hydrogen) atoms. The number of hydrogen-bond donors (Lipinski definition) is 0. The molecule has 0 unspecified atom stereocenters. The van der Waals surface area contributed by atoms with Gasteiger partial charge in [0.25, 0.3) is 0 Å². The molecule has 92 valence electrons. The van der Waals surface area contributed by atoms with Crippen LogP contribution in [0.2, 0.25) is 0 Å². The smallest absolute Gasteiger partial charge is 0.159 e. The standard InChI is InChI=1S/C11H20BrN3O/c1-5-6-16-8-10-14-13-9(7-12)15(10)11(2,3)4/h5-8H2,1-4H3. The minimum atomic E-state index is -0.0164. The molecule has 4 nitrogen and oxygen atoms in total. The Kier molecular flexibility index (Phi) is 4.92. The third-order valence-electron chi connectivity index (χ3n) is 2.17. The van der Waals surface area contributed by atoms with Crippen LogP contribution in [0.1, 0.15) is 45.8 Å². The lowest BCUT2D eigenvalue weighted by Crippen LogP contribution is -2.26. The fraction of sp³-hybridized carbons (Fsp3) is 0.818. The summed E-state index contributed by atoms with van der Waals surface area (Å²) in [6, 6.07) is 0. The highest BCUT2D eigenvalue weighted by Crippen LogP contribution is 2.20. The van der Waals surface area contributed by atoms with Gasteiger partial charge in [-0.05, 0) is 27.2 Å². The predicted octanol–water partition coefficient (Wildman–Crippen LogP) is 2.85. The van der Waals surface area contributed by atoms with Gasteiger partial charge in [0.05, 0.1) is 5.33 Å². The molecule has 0 spiro atoms. The van der Waals surface area contributed by atoms with E-state index >= 15 is 0 Å². The van der Waals surface area contributed by atoms with Crippen LogP contribution in [0.4, 0.5) is 0 Å². The van der Waals surface area contributed by atoms with E-state index in [1.54, 1.807) is 0 Å². The topological polar surface area (TPSA) is 39.9 Å². The molecule has 0 aromatic carbocycles. The Bertz CT molecular complexity index is 330. The Balaban J connectivity index is 2.88. The van der Waals surface area contributed by atoms with Crippen molar-refractivity contribution in [3.63, 3.8) is 0 Å². The van der Waals surface area contributed by atoms with Crippen molar-refractivity contribution < 1.29 is 4.74 Å². The van der Waals surface area contributed by atoms with E-state index in [4.69, 9.17) is 4.74 Å². The lowest BCUT2D eigenvalue weighted by atomic mass is 10.1. The van der Waals surface area contributed by atoms with E-state index < -0.39 is 0 Å². The largest absolute Gasteiger partial charge is 0.373 e. The van der Waals surface area contributed by atoms with Crippen LogP contribution in [0.5, 0.6) is 0 Å². The second-order valence-corrected chi connectivity index (χ2v) is 5.29. The molecule has 1 aromatic heterocycles. The van der Waals surface area contributed by atoms with Gasteiger partial charge in [0, 0.05) is 12.1 Å². The molecule has 0 atom stereocenters. The van der Waals surface area contributed by atoms with E-state index in [9.17, 15) is 0 Å². The van der Waals surface area contributed by atoms with Crippen molar-refractivity contribution in [1.82, 2.24) is 14.8 Å². The molecule has 0 aliphatic rings. The zero-order chi connectivity index (χ0) is 12.2. The minimum Gasteiger partial charge on any atom is -0.373 e. The molecule has 0 saturated carbocycles. The lowest BCUT2D eigenvalue weighted by molar-refractivity contribution is 0.110. The highest BCUT2D eigenvalue weighted by molar-refractivity contribution is 9.08. The van der Waals surface area contributed by atoms with Crippen LogP contribution >= 0.6 is 15.9 Å². The number of hydrogen-bond acceptors (Lipinski definition) is 3. The average molecular weight is 290 g/mol. The first-order valence-electron chi connectivity index (χ1n) is 5.58. The van der Waals surface area contributed by atoms with Gasteiger partial charge in [-0.2, -0.15) is 0 Å². The predicted molar refractivity (Wildman–Crippen MR) is 67.6 cm³/mol. The Hall–Kier alpha value is -0.420. The molecular formula is C11H20BrN3O. The number of nitrogens with zero attached hydrogens (tertiary/aromatic N) is 3. The Morgan fingerprint density at radius 1 is 1.25 bits per heavy atom. The zero-order valence-corrected chi connectivity index (χ0v) is 12.0. The summed E-state index contributed by atoms with van der Waals surface area (Å²) in [4.78, 5) is 0. The SMILES string of the molecule is CCCOCc1nnc(CBr)n1C(C)(C)C. The molecule has 0 bridgehead atoms. The molecule has 0 N–H and O–H groups in total. The molecule has 1 aromatic rings. The van der Waals surface area contributed by atoms with Crippen LogP contribution in [0.25, 0.3) is 0 Å². The maximum absolute atomic E-state index is 5.52. The van der Waals surface area contributed by atoms with Gasteiger partial charge in [-0.15, -0.1) is 10.2 Å². The van der Waals surface area contributed by atoms with Gasteiger partial charge in [0.15, 0.2) is 5.82 Å². The van der Waals surface area contributed by atoms with Crippen LogP contribution in [0, 0.1) is 0 Å². The Morgan fingerprint density at radius 3 is 2.38 bits per heavy atom. The number of ether oxygens (including phenoxy) is 1. The monoisotopic (exact) mass is 289 g/mol. The van der Waals surface area contributed by atoms with Crippen molar-refractivity contribution in [3.8, 4) is 0 Å². The molecule has 0 fully saturated rings. The molecule has 1 heterocycles. The first-order valence-corrected chi connectivity index (χ1v) is 6.70. The quantitative estimate of drug-likeness (QED) is 0.618. The summed E-state index contributed by atoms with van der Waals surface area (Å²) in [6.07, 6.45) is 1.02. The summed E-state index contributed by atoms with van der Waals surface area (Å²) in [5, 5.41) is 9.06. The molecule has 0 saturated heterocycles. The average Bonchev–Trinajstić information content (AvgIpc) is 2.61. The van der Waals surface area contributed by atoms with Crippen molar-refractivity contribution in [2.45, 2.75) is 51.6 Å². The van der Waals surface area contributed by atoms with Crippen molar-refractivity contribution in [1.29, 1.82) is 0 Å². The third-order valence-corrected chi connectivity index (χ3v) is 2.67. The van der Waals surface area contributed by atoms with Crippen molar-refractivity contribution in [3.05, 3.63) is 11.6 Å². The Labute approximate surface area is 106 Å². The van der Waals surface area contributed by atoms with Gasteiger partial charge >= 0.3 is 0 Å². The summed E-state index contributed by atoms with van der Waals surface area (Å²) in [5.74, 6) is 1.85. The van der Waals surface area contributed by atoms with Gasteiger partial charge in [-0.25, -0.2) is 0 Å². The molecule has 0 aliphatic carbocycles. The van der Waals surface area contributed by atoms with Crippen molar-refractivity contribution in [2.75, 3.05) is 6.61 Å². The van der Waals surface area contributed by atoms with Crippen LogP contribution < -0.4 is 0 Å². The highest BCUT2D eigenvalue weighted by Gasteiger charge is 2.22.